The van der Waals surface area contributed by atoms with Crippen LogP contribution in [0.3, 0.4) is 0 Å². The summed E-state index contributed by atoms with van der Waals surface area (Å²) in [6.45, 7) is 0. The van der Waals surface area contributed by atoms with Gasteiger partial charge >= 0.3 is 0 Å². The minimum atomic E-state index is 0.617. The van der Waals surface area contributed by atoms with Crippen molar-refractivity contribution in [2.24, 2.45) is 0 Å². The molecule has 0 saturated carbocycles. The fourth-order valence-corrected chi connectivity index (χ4v) is 5.97. The van der Waals surface area contributed by atoms with Crippen LogP contribution in [0, 0.1) is 0 Å². The van der Waals surface area contributed by atoms with E-state index in [1.807, 2.05) is 66.7 Å². The Kier molecular flexibility index (Phi) is 6.58. The Bertz CT molecular complexity index is 2290. The summed E-state index contributed by atoms with van der Waals surface area (Å²) in [6, 6.07) is 49.6. The average Bonchev–Trinajstić information content (AvgIpc) is 3.47. The molecule has 0 aliphatic rings. The molecule has 0 bridgehead atoms. The summed E-state index contributed by atoms with van der Waals surface area (Å²) in [5.74, 6) is 1.88. The summed E-state index contributed by atoms with van der Waals surface area (Å²) >= 11 is 3.59. The number of furan rings is 1. The minimum Gasteiger partial charge on any atom is -0.456 e. The first-order chi connectivity index (χ1) is 21.7. The Morgan fingerprint density at radius 3 is 1.64 bits per heavy atom. The number of hydrogen-bond donors (Lipinski definition) is 0. The number of hydrogen-bond acceptors (Lipinski definition) is 4. The maximum absolute atomic E-state index is 6.06. The van der Waals surface area contributed by atoms with E-state index in [-0.39, 0.29) is 0 Å². The topological polar surface area (TPSA) is 51.8 Å². The Morgan fingerprint density at radius 1 is 0.364 bits per heavy atom. The Morgan fingerprint density at radius 2 is 0.886 bits per heavy atom. The number of rotatable bonds is 5. The summed E-state index contributed by atoms with van der Waals surface area (Å²) in [5, 5.41) is 2.11. The normalized spacial score (nSPS) is 11.3. The molecule has 5 heteroatoms. The molecule has 8 rings (SSSR count). The van der Waals surface area contributed by atoms with Crippen molar-refractivity contribution in [3.63, 3.8) is 0 Å². The molecule has 0 aliphatic heterocycles. The largest absolute Gasteiger partial charge is 0.456 e. The first kappa shape index (κ1) is 26.3. The predicted octanol–water partition coefficient (Wildman–Crippen LogP) is 10.9. The zero-order valence-corrected chi connectivity index (χ0v) is 25.1. The maximum Gasteiger partial charge on any atom is 0.164 e. The van der Waals surface area contributed by atoms with Crippen LogP contribution in [0.15, 0.2) is 154 Å². The molecule has 0 saturated heterocycles. The molecule has 44 heavy (non-hydrogen) atoms. The van der Waals surface area contributed by atoms with Gasteiger partial charge in [0.05, 0.1) is 0 Å². The highest BCUT2D eigenvalue weighted by Gasteiger charge is 2.15. The van der Waals surface area contributed by atoms with Crippen LogP contribution in [0.1, 0.15) is 0 Å². The quantitative estimate of drug-likeness (QED) is 0.190. The van der Waals surface area contributed by atoms with Crippen molar-refractivity contribution in [2.75, 3.05) is 0 Å². The molecule has 4 nitrogen and oxygen atoms in total. The standard InChI is InChI=1S/C39H24BrN3O/c40-32-13-7-12-30(23-32)29-11-6-10-28(22-29)25-16-18-27(19-17-25)38-41-37(26-8-2-1-3-9-26)42-39(43-38)31-20-21-36-34(24-31)33-14-4-5-15-35(33)44-36/h1-24H. The molecule has 8 aromatic rings. The van der Waals surface area contributed by atoms with Gasteiger partial charge in [-0.25, -0.2) is 15.0 Å². The van der Waals surface area contributed by atoms with Crippen molar-refractivity contribution in [3.05, 3.63) is 150 Å². The van der Waals surface area contributed by atoms with Gasteiger partial charge in [0.15, 0.2) is 17.5 Å². The molecule has 0 amide bonds. The molecule has 2 heterocycles. The second-order valence-corrected chi connectivity index (χ2v) is 11.6. The zero-order chi connectivity index (χ0) is 29.5. The first-order valence-corrected chi connectivity index (χ1v) is 15.2. The summed E-state index contributed by atoms with van der Waals surface area (Å²) in [7, 11) is 0. The van der Waals surface area contributed by atoms with E-state index in [1.165, 1.54) is 11.1 Å². The van der Waals surface area contributed by atoms with Gasteiger partial charge in [-0.05, 0) is 64.7 Å². The Balaban J connectivity index is 1.20. The third-order valence-corrected chi connectivity index (χ3v) is 8.29. The number of aromatic nitrogens is 3. The maximum atomic E-state index is 6.06. The van der Waals surface area contributed by atoms with Gasteiger partial charge in [-0.3, -0.25) is 0 Å². The van der Waals surface area contributed by atoms with E-state index in [1.54, 1.807) is 0 Å². The molecule has 6 aromatic carbocycles. The van der Waals surface area contributed by atoms with Crippen molar-refractivity contribution in [2.45, 2.75) is 0 Å². The molecule has 0 fully saturated rings. The molecule has 208 valence electrons. The van der Waals surface area contributed by atoms with Crippen LogP contribution in [-0.4, -0.2) is 15.0 Å². The number of halogens is 1. The van der Waals surface area contributed by atoms with E-state index >= 15 is 0 Å². The van der Waals surface area contributed by atoms with Gasteiger partial charge in [-0.15, -0.1) is 0 Å². The van der Waals surface area contributed by atoms with Gasteiger partial charge in [0.25, 0.3) is 0 Å². The lowest BCUT2D eigenvalue weighted by Gasteiger charge is -2.10. The second kappa shape index (κ2) is 11.0. The van der Waals surface area contributed by atoms with Gasteiger partial charge in [-0.2, -0.15) is 0 Å². The van der Waals surface area contributed by atoms with Crippen molar-refractivity contribution < 1.29 is 4.42 Å². The van der Waals surface area contributed by atoms with Crippen LogP contribution in [0.2, 0.25) is 0 Å². The summed E-state index contributed by atoms with van der Waals surface area (Å²) < 4.78 is 7.12. The fraction of sp³-hybridized carbons (Fsp3) is 0. The number of para-hydroxylation sites is 1. The summed E-state index contributed by atoms with van der Waals surface area (Å²) in [4.78, 5) is 14.8. The highest BCUT2D eigenvalue weighted by Crippen LogP contribution is 2.33. The van der Waals surface area contributed by atoms with Crippen molar-refractivity contribution in [1.82, 2.24) is 15.0 Å². The zero-order valence-electron chi connectivity index (χ0n) is 23.5. The van der Waals surface area contributed by atoms with Crippen LogP contribution in [0.25, 0.3) is 78.4 Å². The monoisotopic (exact) mass is 629 g/mol. The Hall–Kier alpha value is -5.39. The van der Waals surface area contributed by atoms with E-state index in [2.05, 4.69) is 94.8 Å². The van der Waals surface area contributed by atoms with Crippen molar-refractivity contribution in [1.29, 1.82) is 0 Å². The van der Waals surface area contributed by atoms with Crippen molar-refractivity contribution >= 4 is 37.9 Å². The molecule has 2 aromatic heterocycles. The SMILES string of the molecule is Brc1cccc(-c2cccc(-c3ccc(-c4nc(-c5ccccc5)nc(-c5ccc6oc7ccccc7c6c5)n4)cc3)c2)c1. The van der Waals surface area contributed by atoms with Gasteiger partial charge in [-0.1, -0.05) is 119 Å². The molecule has 0 atom stereocenters. The van der Waals surface area contributed by atoms with Gasteiger partial charge in [0.2, 0.25) is 0 Å². The molecule has 0 N–H and O–H groups in total. The number of fused-ring (bicyclic) bond motifs is 3. The van der Waals surface area contributed by atoms with E-state index in [0.717, 1.165) is 54.2 Å². The highest BCUT2D eigenvalue weighted by atomic mass is 79.9. The lowest BCUT2D eigenvalue weighted by atomic mass is 9.98. The van der Waals surface area contributed by atoms with E-state index in [9.17, 15) is 0 Å². The predicted molar refractivity (Wildman–Crippen MR) is 182 cm³/mol. The Labute approximate surface area is 262 Å². The highest BCUT2D eigenvalue weighted by molar-refractivity contribution is 9.10. The van der Waals surface area contributed by atoms with Gasteiger partial charge < -0.3 is 4.42 Å². The van der Waals surface area contributed by atoms with Crippen LogP contribution >= 0.6 is 15.9 Å². The van der Waals surface area contributed by atoms with Crippen molar-refractivity contribution in [3.8, 4) is 56.4 Å². The van der Waals surface area contributed by atoms with Crippen LogP contribution in [0.5, 0.6) is 0 Å². The molecule has 0 spiro atoms. The van der Waals surface area contributed by atoms with Gasteiger partial charge in [0.1, 0.15) is 11.2 Å². The smallest absolute Gasteiger partial charge is 0.164 e. The number of benzene rings is 6. The molecule has 0 unspecified atom stereocenters. The minimum absolute atomic E-state index is 0.617. The summed E-state index contributed by atoms with van der Waals surface area (Å²) in [6.07, 6.45) is 0. The molecular formula is C39H24BrN3O. The van der Waals surface area contributed by atoms with Crippen LogP contribution in [0.4, 0.5) is 0 Å². The average molecular weight is 631 g/mol. The first-order valence-electron chi connectivity index (χ1n) is 14.4. The molecule has 0 radical (unpaired) electrons. The molecular weight excluding hydrogens is 606 g/mol. The van der Waals surface area contributed by atoms with Crippen LogP contribution in [-0.2, 0) is 0 Å². The summed E-state index contributed by atoms with van der Waals surface area (Å²) in [5.41, 5.74) is 9.09. The van der Waals surface area contributed by atoms with E-state index in [4.69, 9.17) is 19.4 Å². The van der Waals surface area contributed by atoms with E-state index in [0.29, 0.717) is 17.5 Å². The third kappa shape index (κ3) is 4.97. The third-order valence-electron chi connectivity index (χ3n) is 7.80. The fourth-order valence-electron chi connectivity index (χ4n) is 5.57. The van der Waals surface area contributed by atoms with E-state index < -0.39 is 0 Å². The van der Waals surface area contributed by atoms with Gasteiger partial charge in [0, 0.05) is 31.9 Å². The van der Waals surface area contributed by atoms with Crippen LogP contribution < -0.4 is 0 Å². The number of nitrogens with zero attached hydrogens (tertiary/aromatic N) is 3. The lowest BCUT2D eigenvalue weighted by Crippen LogP contribution is -2.00. The lowest BCUT2D eigenvalue weighted by molar-refractivity contribution is 0.669. The second-order valence-electron chi connectivity index (χ2n) is 10.6. The molecule has 0 aliphatic carbocycles.